The minimum atomic E-state index is -0.190. The standard InChI is InChI=1S/C18H24N4O.ClH/c1-18(2,3)16-15(17(23)20-11-13-9-19-10-13)12-22(21-16)14-7-5-4-6-8-14;/h4-8,12-13,19H,9-11H2,1-3H3,(H,20,23);1H. The van der Waals surface area contributed by atoms with Crippen molar-refractivity contribution >= 4 is 18.3 Å². The number of aromatic nitrogens is 2. The Kier molecular flexibility index (Phi) is 5.67. The fraction of sp³-hybridized carbons (Fsp3) is 0.444. The van der Waals surface area contributed by atoms with Crippen LogP contribution in [0.3, 0.4) is 0 Å². The highest BCUT2D eigenvalue weighted by Gasteiger charge is 2.27. The lowest BCUT2D eigenvalue weighted by atomic mass is 9.89. The quantitative estimate of drug-likeness (QED) is 0.892. The summed E-state index contributed by atoms with van der Waals surface area (Å²) in [5, 5.41) is 10.9. The van der Waals surface area contributed by atoms with Crippen LogP contribution in [0.25, 0.3) is 5.69 Å². The van der Waals surface area contributed by atoms with E-state index >= 15 is 0 Å². The van der Waals surface area contributed by atoms with E-state index in [4.69, 9.17) is 0 Å². The highest BCUT2D eigenvalue weighted by atomic mass is 35.5. The largest absolute Gasteiger partial charge is 0.352 e. The van der Waals surface area contributed by atoms with Crippen LogP contribution in [-0.2, 0) is 5.41 Å². The number of para-hydroxylation sites is 1. The van der Waals surface area contributed by atoms with Crippen LogP contribution in [-0.4, -0.2) is 35.3 Å². The molecule has 0 bridgehead atoms. The molecular weight excluding hydrogens is 324 g/mol. The SMILES string of the molecule is CC(C)(C)c1nn(-c2ccccc2)cc1C(=O)NCC1CNC1.Cl. The molecule has 0 radical (unpaired) electrons. The Labute approximate surface area is 149 Å². The summed E-state index contributed by atoms with van der Waals surface area (Å²) >= 11 is 0. The molecule has 1 aliphatic rings. The zero-order valence-corrected chi connectivity index (χ0v) is 15.2. The monoisotopic (exact) mass is 348 g/mol. The summed E-state index contributed by atoms with van der Waals surface area (Å²) in [6.07, 6.45) is 1.84. The summed E-state index contributed by atoms with van der Waals surface area (Å²) in [5.74, 6) is 0.505. The predicted molar refractivity (Wildman–Crippen MR) is 98.2 cm³/mol. The van der Waals surface area contributed by atoms with E-state index in [9.17, 15) is 4.79 Å². The maximum Gasteiger partial charge on any atom is 0.254 e. The zero-order chi connectivity index (χ0) is 16.4. The Balaban J connectivity index is 0.00000208. The lowest BCUT2D eigenvalue weighted by Crippen LogP contribution is -2.48. The summed E-state index contributed by atoms with van der Waals surface area (Å²) in [5.41, 5.74) is 2.25. The first kappa shape index (κ1) is 18.5. The van der Waals surface area contributed by atoms with Gasteiger partial charge in [-0.15, -0.1) is 12.4 Å². The molecule has 1 aromatic carbocycles. The normalized spacial score (nSPS) is 14.6. The number of carbonyl (C=O) groups is 1. The summed E-state index contributed by atoms with van der Waals surface area (Å²) in [4.78, 5) is 12.6. The van der Waals surface area contributed by atoms with Crippen LogP contribution in [0.5, 0.6) is 0 Å². The molecule has 1 amide bonds. The van der Waals surface area contributed by atoms with Gasteiger partial charge >= 0.3 is 0 Å². The van der Waals surface area contributed by atoms with Crippen molar-refractivity contribution in [3.05, 3.63) is 47.8 Å². The molecule has 0 saturated carbocycles. The van der Waals surface area contributed by atoms with Gasteiger partial charge in [-0.05, 0) is 12.1 Å². The van der Waals surface area contributed by atoms with Crippen molar-refractivity contribution in [3.63, 3.8) is 0 Å². The van der Waals surface area contributed by atoms with Gasteiger partial charge in [0.2, 0.25) is 0 Å². The second-order valence-corrected chi connectivity index (χ2v) is 7.16. The highest BCUT2D eigenvalue weighted by Crippen LogP contribution is 2.25. The third-order valence-corrected chi connectivity index (χ3v) is 4.11. The van der Waals surface area contributed by atoms with Gasteiger partial charge in [0.25, 0.3) is 5.91 Å². The van der Waals surface area contributed by atoms with E-state index in [1.807, 2.05) is 36.5 Å². The van der Waals surface area contributed by atoms with E-state index in [2.05, 4.69) is 36.5 Å². The van der Waals surface area contributed by atoms with Crippen LogP contribution >= 0.6 is 12.4 Å². The summed E-state index contributed by atoms with van der Waals surface area (Å²) in [7, 11) is 0. The second kappa shape index (κ2) is 7.36. The summed E-state index contributed by atoms with van der Waals surface area (Å²) in [6, 6.07) is 9.88. The molecular formula is C18H25ClN4O. The zero-order valence-electron chi connectivity index (χ0n) is 14.4. The summed E-state index contributed by atoms with van der Waals surface area (Å²) in [6.45, 7) is 8.92. The fourth-order valence-electron chi connectivity index (χ4n) is 2.63. The molecule has 0 unspecified atom stereocenters. The van der Waals surface area contributed by atoms with Crippen LogP contribution in [0.15, 0.2) is 36.5 Å². The molecule has 1 fully saturated rings. The number of amides is 1. The lowest BCUT2D eigenvalue weighted by molar-refractivity contribution is 0.0940. The Hall–Kier alpha value is -1.85. The van der Waals surface area contributed by atoms with Crippen LogP contribution in [0.1, 0.15) is 36.8 Å². The van der Waals surface area contributed by atoms with Gasteiger partial charge in [-0.3, -0.25) is 4.79 Å². The molecule has 2 N–H and O–H groups in total. The summed E-state index contributed by atoms with van der Waals surface area (Å²) < 4.78 is 1.79. The second-order valence-electron chi connectivity index (χ2n) is 7.16. The maximum absolute atomic E-state index is 12.6. The average molecular weight is 349 g/mol. The average Bonchev–Trinajstić information content (AvgIpc) is 2.92. The number of rotatable bonds is 4. The van der Waals surface area contributed by atoms with Gasteiger partial charge in [-0.2, -0.15) is 5.10 Å². The van der Waals surface area contributed by atoms with Gasteiger partial charge in [-0.1, -0.05) is 39.0 Å². The Morgan fingerprint density at radius 3 is 2.50 bits per heavy atom. The van der Waals surface area contributed by atoms with Gasteiger partial charge in [0.05, 0.1) is 16.9 Å². The lowest BCUT2D eigenvalue weighted by Gasteiger charge is -2.27. The first-order chi connectivity index (χ1) is 10.9. The molecule has 0 spiro atoms. The van der Waals surface area contributed by atoms with Crippen molar-refractivity contribution in [3.8, 4) is 5.69 Å². The first-order valence-corrected chi connectivity index (χ1v) is 8.09. The third kappa shape index (κ3) is 3.97. The van der Waals surface area contributed by atoms with E-state index in [0.717, 1.165) is 24.5 Å². The van der Waals surface area contributed by atoms with Crippen LogP contribution in [0.2, 0.25) is 0 Å². The molecule has 1 aromatic heterocycles. The van der Waals surface area contributed by atoms with Crippen molar-refractivity contribution in [1.82, 2.24) is 20.4 Å². The number of nitrogens with one attached hydrogen (secondary N) is 2. The van der Waals surface area contributed by atoms with Crippen LogP contribution < -0.4 is 10.6 Å². The van der Waals surface area contributed by atoms with Crippen molar-refractivity contribution < 1.29 is 4.79 Å². The van der Waals surface area contributed by atoms with E-state index < -0.39 is 0 Å². The van der Waals surface area contributed by atoms with Gasteiger partial charge in [0.15, 0.2) is 0 Å². The van der Waals surface area contributed by atoms with Gasteiger partial charge < -0.3 is 10.6 Å². The molecule has 130 valence electrons. The molecule has 5 nitrogen and oxygen atoms in total. The maximum atomic E-state index is 12.6. The smallest absolute Gasteiger partial charge is 0.254 e. The predicted octanol–water partition coefficient (Wildman–Crippen LogP) is 2.54. The van der Waals surface area contributed by atoms with Crippen molar-refractivity contribution in [1.29, 1.82) is 0 Å². The number of hydrogen-bond donors (Lipinski definition) is 2. The van der Waals surface area contributed by atoms with Gasteiger partial charge in [-0.25, -0.2) is 4.68 Å². The van der Waals surface area contributed by atoms with Crippen molar-refractivity contribution in [2.45, 2.75) is 26.2 Å². The molecule has 3 rings (SSSR count). The first-order valence-electron chi connectivity index (χ1n) is 8.09. The van der Waals surface area contributed by atoms with Gasteiger partial charge in [0.1, 0.15) is 0 Å². The van der Waals surface area contributed by atoms with Crippen molar-refractivity contribution in [2.24, 2.45) is 5.92 Å². The molecule has 2 aromatic rings. The number of carbonyl (C=O) groups excluding carboxylic acids is 1. The molecule has 2 heterocycles. The Morgan fingerprint density at radius 2 is 1.96 bits per heavy atom. The van der Waals surface area contributed by atoms with E-state index in [1.54, 1.807) is 4.68 Å². The minimum absolute atomic E-state index is 0. The Bertz CT molecular complexity index is 687. The third-order valence-electron chi connectivity index (χ3n) is 4.11. The van der Waals surface area contributed by atoms with E-state index in [0.29, 0.717) is 18.0 Å². The molecule has 24 heavy (non-hydrogen) atoms. The fourth-order valence-corrected chi connectivity index (χ4v) is 2.63. The Morgan fingerprint density at radius 1 is 1.29 bits per heavy atom. The minimum Gasteiger partial charge on any atom is -0.352 e. The molecule has 0 aliphatic carbocycles. The number of halogens is 1. The molecule has 1 saturated heterocycles. The highest BCUT2D eigenvalue weighted by molar-refractivity contribution is 5.95. The molecule has 6 heteroatoms. The van der Waals surface area contributed by atoms with E-state index in [1.165, 1.54) is 0 Å². The van der Waals surface area contributed by atoms with Crippen LogP contribution in [0.4, 0.5) is 0 Å². The molecule has 0 atom stereocenters. The number of nitrogens with zero attached hydrogens (tertiary/aromatic N) is 2. The topological polar surface area (TPSA) is 59.0 Å². The van der Waals surface area contributed by atoms with E-state index in [-0.39, 0.29) is 23.7 Å². The number of hydrogen-bond acceptors (Lipinski definition) is 3. The molecule has 1 aliphatic heterocycles. The number of benzene rings is 1. The van der Waals surface area contributed by atoms with Gasteiger partial charge in [0, 0.05) is 37.2 Å². The van der Waals surface area contributed by atoms with Crippen LogP contribution in [0, 0.1) is 5.92 Å². The van der Waals surface area contributed by atoms with Crippen molar-refractivity contribution in [2.75, 3.05) is 19.6 Å².